The van der Waals surface area contributed by atoms with Crippen molar-refractivity contribution in [3.8, 4) is 28.3 Å². The number of nitrogens with one attached hydrogen (secondary N) is 3. The minimum atomic E-state index is 0.684. The normalized spacial score (nSPS) is 11.1. The van der Waals surface area contributed by atoms with Crippen LogP contribution in [0.4, 0.5) is 0 Å². The monoisotopic (exact) mass is 478 g/mol. The lowest BCUT2D eigenvalue weighted by Crippen LogP contribution is -2.13. The van der Waals surface area contributed by atoms with E-state index in [1.165, 1.54) is 11.1 Å². The molecule has 0 aliphatic rings. The van der Waals surface area contributed by atoms with E-state index in [1.807, 2.05) is 73.7 Å². The fourth-order valence-corrected chi connectivity index (χ4v) is 4.22. The van der Waals surface area contributed by atoms with E-state index in [-0.39, 0.29) is 0 Å². The Kier molecular flexibility index (Phi) is 6.60. The molecule has 8 nitrogen and oxygen atoms in total. The summed E-state index contributed by atoms with van der Waals surface area (Å²) in [6, 6.07) is 14.3. The molecule has 182 valence electrons. The number of aromatic amines is 2. The summed E-state index contributed by atoms with van der Waals surface area (Å²) in [5, 5.41) is 11.2. The molecule has 0 saturated carbocycles. The lowest BCUT2D eigenvalue weighted by Gasteiger charge is -2.10. The Morgan fingerprint density at radius 2 is 1.81 bits per heavy atom. The van der Waals surface area contributed by atoms with Gasteiger partial charge in [-0.3, -0.25) is 10.1 Å². The molecule has 0 amide bonds. The highest BCUT2D eigenvalue weighted by Crippen LogP contribution is 2.27. The second kappa shape index (κ2) is 10.1. The lowest BCUT2D eigenvalue weighted by molar-refractivity contribution is 0.721. The van der Waals surface area contributed by atoms with Crippen molar-refractivity contribution in [3.63, 3.8) is 0 Å². The Balaban J connectivity index is 1.63. The molecular formula is C28H30N8. The zero-order valence-corrected chi connectivity index (χ0v) is 21.0. The molecule has 0 bridgehead atoms. The van der Waals surface area contributed by atoms with Gasteiger partial charge in [0.25, 0.3) is 0 Å². The Hall–Kier alpha value is -4.30. The number of nitrogens with zero attached hydrogens (tertiary/aromatic N) is 5. The van der Waals surface area contributed by atoms with Gasteiger partial charge in [-0.2, -0.15) is 5.10 Å². The number of aryl methyl sites for hydroxylation is 2. The van der Waals surface area contributed by atoms with Gasteiger partial charge in [-0.15, -0.1) is 0 Å². The maximum atomic E-state index is 4.94. The quantitative estimate of drug-likeness (QED) is 0.305. The van der Waals surface area contributed by atoms with Crippen LogP contribution in [0.1, 0.15) is 29.4 Å². The van der Waals surface area contributed by atoms with E-state index in [0.29, 0.717) is 11.5 Å². The number of benzene rings is 1. The van der Waals surface area contributed by atoms with Crippen molar-refractivity contribution < 1.29 is 0 Å². The van der Waals surface area contributed by atoms with Crippen LogP contribution >= 0.6 is 0 Å². The predicted molar refractivity (Wildman–Crippen MR) is 143 cm³/mol. The van der Waals surface area contributed by atoms with Gasteiger partial charge < -0.3 is 14.9 Å². The van der Waals surface area contributed by atoms with Gasteiger partial charge in [0, 0.05) is 42.1 Å². The first kappa shape index (κ1) is 23.4. The van der Waals surface area contributed by atoms with Crippen molar-refractivity contribution in [1.82, 2.24) is 40.0 Å². The van der Waals surface area contributed by atoms with Crippen molar-refractivity contribution in [2.75, 3.05) is 6.54 Å². The molecule has 0 spiro atoms. The molecule has 36 heavy (non-hydrogen) atoms. The van der Waals surface area contributed by atoms with Crippen molar-refractivity contribution in [3.05, 3.63) is 89.9 Å². The van der Waals surface area contributed by atoms with Gasteiger partial charge in [-0.25, -0.2) is 9.97 Å². The second-order valence-electron chi connectivity index (χ2n) is 8.83. The van der Waals surface area contributed by atoms with Gasteiger partial charge in [0.1, 0.15) is 11.2 Å². The van der Waals surface area contributed by atoms with Gasteiger partial charge in [-0.05, 0) is 68.3 Å². The van der Waals surface area contributed by atoms with Gasteiger partial charge in [0.15, 0.2) is 5.82 Å². The first-order valence-corrected chi connectivity index (χ1v) is 12.1. The van der Waals surface area contributed by atoms with Crippen LogP contribution in [0.5, 0.6) is 0 Å². The Morgan fingerprint density at radius 3 is 2.61 bits per heavy atom. The van der Waals surface area contributed by atoms with E-state index in [9.17, 15) is 0 Å². The number of aromatic nitrogens is 7. The fourth-order valence-electron chi connectivity index (χ4n) is 4.22. The number of rotatable bonds is 6. The van der Waals surface area contributed by atoms with Crippen LogP contribution in [0, 0.1) is 20.8 Å². The molecule has 4 aromatic heterocycles. The highest BCUT2D eigenvalue weighted by atomic mass is 15.1. The van der Waals surface area contributed by atoms with E-state index in [2.05, 4.69) is 56.4 Å². The molecule has 0 aliphatic carbocycles. The zero-order valence-electron chi connectivity index (χ0n) is 21.0. The average Bonchev–Trinajstić information content (AvgIpc) is 3.52. The molecule has 0 fully saturated rings. The molecule has 0 unspecified atom stereocenters. The number of pyridine rings is 1. The molecule has 5 rings (SSSR count). The summed E-state index contributed by atoms with van der Waals surface area (Å²) in [6.45, 7) is 9.98. The third-order valence-electron chi connectivity index (χ3n) is 6.30. The fraction of sp³-hybridized carbons (Fsp3) is 0.214. The molecule has 8 heteroatoms. The summed E-state index contributed by atoms with van der Waals surface area (Å²) in [4.78, 5) is 17.2. The van der Waals surface area contributed by atoms with Gasteiger partial charge in [0.05, 0.1) is 17.5 Å². The van der Waals surface area contributed by atoms with Crippen molar-refractivity contribution in [1.29, 1.82) is 0 Å². The standard InChI is InChI=1S/C28H30N8/c1-5-29-14-22-15-30-16-23(20(22)4)21-10-9-18(2)34-35-25(12-11-21)28-32-24-7-6-8-26(27(24)33-28)36-17-31-13-19(36)3/h6-13,15-17,29,34H,5,14H2,1-4H3,(H,32,33). The van der Waals surface area contributed by atoms with E-state index < -0.39 is 0 Å². The van der Waals surface area contributed by atoms with Crippen LogP contribution in [0.15, 0.2) is 67.4 Å². The van der Waals surface area contributed by atoms with Crippen molar-refractivity contribution in [2.45, 2.75) is 34.2 Å². The van der Waals surface area contributed by atoms with Crippen LogP contribution in [-0.4, -0.2) is 41.2 Å². The van der Waals surface area contributed by atoms with Crippen LogP contribution in [0.25, 0.3) is 39.4 Å². The third-order valence-corrected chi connectivity index (χ3v) is 6.30. The highest BCUT2D eigenvalue weighted by molar-refractivity contribution is 5.86. The smallest absolute Gasteiger partial charge is 0.159 e. The van der Waals surface area contributed by atoms with Crippen LogP contribution < -0.4 is 5.32 Å². The number of para-hydroxylation sites is 1. The summed E-state index contributed by atoms with van der Waals surface area (Å²) in [5.74, 6) is 0.684. The lowest BCUT2D eigenvalue weighted by atomic mass is 10.00. The third kappa shape index (κ3) is 4.63. The number of hydrogen-bond donors (Lipinski definition) is 3. The van der Waals surface area contributed by atoms with Crippen LogP contribution in [-0.2, 0) is 6.54 Å². The first-order chi connectivity index (χ1) is 17.5. The predicted octanol–water partition coefficient (Wildman–Crippen LogP) is 5.36. The molecule has 3 N–H and O–H groups in total. The molecule has 0 saturated heterocycles. The summed E-state index contributed by atoms with van der Waals surface area (Å²) in [7, 11) is 0. The number of imidazole rings is 2. The molecule has 1 aromatic carbocycles. The van der Waals surface area contributed by atoms with Gasteiger partial charge in [-0.1, -0.05) is 25.1 Å². The number of fused-ring (bicyclic) bond motifs is 1. The first-order valence-electron chi connectivity index (χ1n) is 12.1. The van der Waals surface area contributed by atoms with Crippen molar-refractivity contribution in [2.24, 2.45) is 0 Å². The number of hydrogen-bond acceptors (Lipinski definition) is 5. The van der Waals surface area contributed by atoms with E-state index >= 15 is 0 Å². The molecule has 5 aromatic rings. The topological polar surface area (TPSA) is 100 Å². The Labute approximate surface area is 210 Å². The van der Waals surface area contributed by atoms with Crippen LogP contribution in [0.2, 0.25) is 0 Å². The maximum absolute atomic E-state index is 4.94. The van der Waals surface area contributed by atoms with E-state index in [4.69, 9.17) is 4.98 Å². The largest absolute Gasteiger partial charge is 0.337 e. The molecular weight excluding hydrogens is 448 g/mol. The van der Waals surface area contributed by atoms with Crippen molar-refractivity contribution >= 4 is 11.0 Å². The summed E-state index contributed by atoms with van der Waals surface area (Å²) in [5.41, 5.74) is 10.00. The van der Waals surface area contributed by atoms with Gasteiger partial charge >= 0.3 is 0 Å². The summed E-state index contributed by atoms with van der Waals surface area (Å²) < 4.78 is 2.04. The Morgan fingerprint density at radius 1 is 0.944 bits per heavy atom. The SMILES string of the molecule is CCNCc1cncc(-c2ccc(-c3nc4c(-n5cncc5C)cccc4[nH]3)n[nH]c(C)cc2)c1C. The molecule has 4 heterocycles. The van der Waals surface area contributed by atoms with Gasteiger partial charge in [0.2, 0.25) is 0 Å². The second-order valence-corrected chi connectivity index (χ2v) is 8.83. The highest BCUT2D eigenvalue weighted by Gasteiger charge is 2.12. The maximum Gasteiger partial charge on any atom is 0.159 e. The summed E-state index contributed by atoms with van der Waals surface area (Å²) in [6.07, 6.45) is 7.51. The number of H-pyrrole nitrogens is 2. The van der Waals surface area contributed by atoms with E-state index in [0.717, 1.165) is 52.3 Å². The summed E-state index contributed by atoms with van der Waals surface area (Å²) >= 11 is 0. The minimum Gasteiger partial charge on any atom is -0.337 e. The molecule has 0 radical (unpaired) electrons. The van der Waals surface area contributed by atoms with Crippen LogP contribution in [0.3, 0.4) is 0 Å². The molecule has 0 aliphatic heterocycles. The molecule has 0 atom stereocenters. The zero-order chi connectivity index (χ0) is 25.1. The Bertz CT molecular complexity index is 1570. The average molecular weight is 479 g/mol. The minimum absolute atomic E-state index is 0.684. The van der Waals surface area contributed by atoms with E-state index in [1.54, 1.807) is 0 Å².